The van der Waals surface area contributed by atoms with Crippen LogP contribution >= 0.6 is 11.3 Å². The molecule has 5 heteroatoms. The Balaban J connectivity index is 1.93. The number of nitrogens with zero attached hydrogens (tertiary/aromatic N) is 2. The number of hydrogen-bond donors (Lipinski definition) is 1. The summed E-state index contributed by atoms with van der Waals surface area (Å²) < 4.78 is 0. The number of carbonyl (C=O) groups excluding carboxylic acids is 1. The predicted molar refractivity (Wildman–Crippen MR) is 81.3 cm³/mol. The minimum Gasteiger partial charge on any atom is -0.341 e. The van der Waals surface area contributed by atoms with E-state index in [1.807, 2.05) is 49.7 Å². The molecule has 2 aromatic rings. The third-order valence-corrected chi connectivity index (χ3v) is 4.07. The van der Waals surface area contributed by atoms with E-state index in [1.165, 1.54) is 11.3 Å². The molecule has 0 aliphatic rings. The minimum atomic E-state index is -0.0779. The van der Waals surface area contributed by atoms with E-state index in [9.17, 15) is 4.79 Å². The molecular formula is C15H19N3OS. The molecule has 2 N–H and O–H groups in total. The molecule has 0 bridgehead atoms. The van der Waals surface area contributed by atoms with Crippen LogP contribution in [0.3, 0.4) is 0 Å². The van der Waals surface area contributed by atoms with Crippen LogP contribution < -0.4 is 5.73 Å². The molecule has 1 atom stereocenters. The Hall–Kier alpha value is -1.72. The average molecular weight is 289 g/mol. The summed E-state index contributed by atoms with van der Waals surface area (Å²) in [5, 5.41) is 2.78. The van der Waals surface area contributed by atoms with Crippen molar-refractivity contribution in [3.8, 4) is 0 Å². The van der Waals surface area contributed by atoms with Crippen molar-refractivity contribution >= 4 is 17.2 Å². The Labute approximate surface area is 123 Å². The van der Waals surface area contributed by atoms with Gasteiger partial charge < -0.3 is 10.6 Å². The smallest absolute Gasteiger partial charge is 0.228 e. The Morgan fingerprint density at radius 2 is 2.10 bits per heavy atom. The second kappa shape index (κ2) is 6.63. The minimum absolute atomic E-state index is 0.0652. The van der Waals surface area contributed by atoms with Crippen LogP contribution in [0.5, 0.6) is 0 Å². The fourth-order valence-corrected chi connectivity index (χ4v) is 2.63. The molecule has 1 amide bonds. The third-order valence-electron chi connectivity index (χ3n) is 2.98. The topological polar surface area (TPSA) is 59.2 Å². The van der Waals surface area contributed by atoms with Crippen LogP contribution in [0.4, 0.5) is 0 Å². The van der Waals surface area contributed by atoms with Gasteiger partial charge >= 0.3 is 0 Å². The average Bonchev–Trinajstić information content (AvgIpc) is 2.88. The van der Waals surface area contributed by atoms with Crippen LogP contribution in [0.1, 0.15) is 29.2 Å². The molecule has 1 aromatic heterocycles. The first-order valence-corrected chi connectivity index (χ1v) is 7.42. The van der Waals surface area contributed by atoms with E-state index in [1.54, 1.807) is 4.90 Å². The highest BCUT2D eigenvalue weighted by molar-refractivity contribution is 7.09. The number of carbonyl (C=O) groups is 1. The van der Waals surface area contributed by atoms with Crippen molar-refractivity contribution in [1.29, 1.82) is 0 Å². The Kier molecular flexibility index (Phi) is 4.87. The number of amides is 1. The molecule has 106 valence electrons. The number of aromatic nitrogens is 1. The number of hydrogen-bond acceptors (Lipinski definition) is 4. The summed E-state index contributed by atoms with van der Waals surface area (Å²) in [7, 11) is 1.81. The van der Waals surface area contributed by atoms with Crippen LogP contribution in [-0.4, -0.2) is 22.8 Å². The summed E-state index contributed by atoms with van der Waals surface area (Å²) in [5.74, 6) is 0.0652. The Morgan fingerprint density at radius 1 is 1.40 bits per heavy atom. The van der Waals surface area contributed by atoms with E-state index < -0.39 is 0 Å². The highest BCUT2D eigenvalue weighted by atomic mass is 32.1. The second-order valence-corrected chi connectivity index (χ2v) is 5.77. The highest BCUT2D eigenvalue weighted by Crippen LogP contribution is 2.16. The molecule has 20 heavy (non-hydrogen) atoms. The molecule has 1 unspecified atom stereocenters. The standard InChI is InChI=1S/C15H19N3OS/c1-11(16)15-17-13(10-20-15)8-14(19)18(2)9-12-6-4-3-5-7-12/h3-7,10-11H,8-9,16H2,1-2H3. The van der Waals surface area contributed by atoms with E-state index in [0.29, 0.717) is 13.0 Å². The predicted octanol–water partition coefficient (Wildman–Crippen LogP) is 2.36. The molecule has 0 aliphatic heterocycles. The monoisotopic (exact) mass is 289 g/mol. The second-order valence-electron chi connectivity index (χ2n) is 4.88. The van der Waals surface area contributed by atoms with Crippen LogP contribution in [0, 0.1) is 0 Å². The molecule has 0 saturated carbocycles. The van der Waals surface area contributed by atoms with Gasteiger partial charge in [-0.1, -0.05) is 30.3 Å². The van der Waals surface area contributed by atoms with E-state index in [0.717, 1.165) is 16.3 Å². The quantitative estimate of drug-likeness (QED) is 0.919. The zero-order valence-corrected chi connectivity index (χ0v) is 12.6. The molecule has 0 aliphatic carbocycles. The summed E-state index contributed by atoms with van der Waals surface area (Å²) >= 11 is 1.51. The SMILES string of the molecule is CC(N)c1nc(CC(=O)N(C)Cc2ccccc2)cs1. The number of benzene rings is 1. The summed E-state index contributed by atoms with van der Waals surface area (Å²) in [5.41, 5.74) is 7.69. The number of thiazole rings is 1. The van der Waals surface area contributed by atoms with Gasteiger partial charge in [-0.05, 0) is 12.5 Å². The number of rotatable bonds is 5. The first kappa shape index (κ1) is 14.7. The maximum atomic E-state index is 12.2. The van der Waals surface area contributed by atoms with Gasteiger partial charge in [0.25, 0.3) is 0 Å². The summed E-state index contributed by atoms with van der Waals surface area (Å²) in [6.45, 7) is 2.51. The van der Waals surface area contributed by atoms with Gasteiger partial charge in [0.2, 0.25) is 5.91 Å². The number of likely N-dealkylation sites (N-methyl/N-ethyl adjacent to an activating group) is 1. The molecule has 1 aromatic carbocycles. The zero-order chi connectivity index (χ0) is 14.5. The first-order chi connectivity index (χ1) is 9.56. The molecule has 1 heterocycles. The van der Waals surface area contributed by atoms with E-state index >= 15 is 0 Å². The van der Waals surface area contributed by atoms with Gasteiger partial charge in [-0.3, -0.25) is 4.79 Å². The van der Waals surface area contributed by atoms with Gasteiger partial charge in [-0.25, -0.2) is 4.98 Å². The fourth-order valence-electron chi connectivity index (χ4n) is 1.85. The molecule has 0 spiro atoms. The lowest BCUT2D eigenvalue weighted by molar-refractivity contribution is -0.129. The lowest BCUT2D eigenvalue weighted by Gasteiger charge is -2.16. The van der Waals surface area contributed by atoms with Crippen LogP contribution in [0.25, 0.3) is 0 Å². The first-order valence-electron chi connectivity index (χ1n) is 6.54. The lowest BCUT2D eigenvalue weighted by atomic mass is 10.2. The third kappa shape index (κ3) is 3.88. The van der Waals surface area contributed by atoms with Crippen molar-refractivity contribution in [2.24, 2.45) is 5.73 Å². The van der Waals surface area contributed by atoms with Gasteiger partial charge in [0.15, 0.2) is 0 Å². The van der Waals surface area contributed by atoms with Gasteiger partial charge in [0, 0.05) is 19.0 Å². The maximum Gasteiger partial charge on any atom is 0.228 e. The van der Waals surface area contributed by atoms with Gasteiger partial charge in [0.05, 0.1) is 18.2 Å². The summed E-state index contributed by atoms with van der Waals surface area (Å²) in [4.78, 5) is 18.3. The molecule has 4 nitrogen and oxygen atoms in total. The summed E-state index contributed by atoms with van der Waals surface area (Å²) in [6.07, 6.45) is 0.326. The zero-order valence-electron chi connectivity index (χ0n) is 11.7. The van der Waals surface area contributed by atoms with Gasteiger partial charge in [0.1, 0.15) is 5.01 Å². The molecule has 0 saturated heterocycles. The summed E-state index contributed by atoms with van der Waals surface area (Å²) in [6, 6.07) is 9.87. The van der Waals surface area contributed by atoms with Crippen LogP contribution in [-0.2, 0) is 17.8 Å². The molecule has 0 radical (unpaired) electrons. The Morgan fingerprint density at radius 3 is 2.70 bits per heavy atom. The highest BCUT2D eigenvalue weighted by Gasteiger charge is 2.13. The van der Waals surface area contributed by atoms with Gasteiger partial charge in [-0.2, -0.15) is 0 Å². The van der Waals surface area contributed by atoms with E-state index in [4.69, 9.17) is 5.73 Å². The van der Waals surface area contributed by atoms with Crippen molar-refractivity contribution in [3.63, 3.8) is 0 Å². The van der Waals surface area contributed by atoms with Gasteiger partial charge in [-0.15, -0.1) is 11.3 Å². The molecule has 2 rings (SSSR count). The molecular weight excluding hydrogens is 270 g/mol. The van der Waals surface area contributed by atoms with Crippen LogP contribution in [0.2, 0.25) is 0 Å². The van der Waals surface area contributed by atoms with E-state index in [2.05, 4.69) is 4.98 Å². The fraction of sp³-hybridized carbons (Fsp3) is 0.333. The largest absolute Gasteiger partial charge is 0.341 e. The van der Waals surface area contributed by atoms with Crippen molar-refractivity contribution in [3.05, 3.63) is 52.0 Å². The van der Waals surface area contributed by atoms with Crippen molar-refractivity contribution < 1.29 is 4.79 Å². The van der Waals surface area contributed by atoms with Crippen molar-refractivity contribution in [2.45, 2.75) is 25.9 Å². The normalized spacial score (nSPS) is 12.2. The number of nitrogens with two attached hydrogens (primary N) is 1. The Bertz CT molecular complexity index is 566. The van der Waals surface area contributed by atoms with E-state index in [-0.39, 0.29) is 11.9 Å². The molecule has 0 fully saturated rings. The van der Waals surface area contributed by atoms with Crippen molar-refractivity contribution in [2.75, 3.05) is 7.05 Å². The van der Waals surface area contributed by atoms with Crippen LogP contribution in [0.15, 0.2) is 35.7 Å². The maximum absolute atomic E-state index is 12.2. The van der Waals surface area contributed by atoms with Crippen molar-refractivity contribution in [1.82, 2.24) is 9.88 Å². The lowest BCUT2D eigenvalue weighted by Crippen LogP contribution is -2.27.